The number of amides is 4. The van der Waals surface area contributed by atoms with Crippen molar-refractivity contribution in [3.63, 3.8) is 0 Å². The van der Waals surface area contributed by atoms with Crippen molar-refractivity contribution in [3.8, 4) is 6.07 Å². The molecule has 0 spiro atoms. The number of carbonyl (C=O) groups excluding carboxylic acids is 3. The highest BCUT2D eigenvalue weighted by Gasteiger charge is 2.49. The van der Waals surface area contributed by atoms with Crippen LogP contribution in [0.3, 0.4) is 0 Å². The number of benzene rings is 2. The molecule has 142 valence electrons. The number of likely N-dealkylation sites (N-methyl/N-ethyl adjacent to an activating group) is 1. The summed E-state index contributed by atoms with van der Waals surface area (Å²) in [7, 11) is 0. The third kappa shape index (κ3) is 3.32. The minimum Gasteiger partial charge on any atom is -0.319 e. The molecule has 0 aromatic heterocycles. The molecule has 7 heteroatoms. The van der Waals surface area contributed by atoms with E-state index in [-0.39, 0.29) is 12.5 Å². The molecular formula is C21H20N4O3. The highest BCUT2D eigenvalue weighted by molar-refractivity contribution is 6.10. The summed E-state index contributed by atoms with van der Waals surface area (Å²) in [6, 6.07) is 17.0. The van der Waals surface area contributed by atoms with Crippen LogP contribution in [0.5, 0.6) is 0 Å². The minimum absolute atomic E-state index is 0.354. The number of nitriles is 1. The number of urea groups is 1. The Balaban J connectivity index is 1.84. The summed E-state index contributed by atoms with van der Waals surface area (Å²) < 4.78 is 0. The van der Waals surface area contributed by atoms with E-state index in [0.29, 0.717) is 23.4 Å². The van der Waals surface area contributed by atoms with Gasteiger partial charge in [0.1, 0.15) is 12.1 Å². The van der Waals surface area contributed by atoms with Gasteiger partial charge in [0, 0.05) is 12.2 Å². The van der Waals surface area contributed by atoms with Crippen LogP contribution in [0.4, 0.5) is 10.5 Å². The van der Waals surface area contributed by atoms with Gasteiger partial charge in [0.15, 0.2) is 0 Å². The Morgan fingerprint density at radius 1 is 1.18 bits per heavy atom. The summed E-state index contributed by atoms with van der Waals surface area (Å²) in [4.78, 5) is 40.7. The predicted molar refractivity (Wildman–Crippen MR) is 103 cm³/mol. The largest absolute Gasteiger partial charge is 0.325 e. The SMILES string of the molecule is CCN(C(=O)CN1C(=O)N[C@@](C)(c2cccc(C#N)c2)C1=O)c1ccccc1. The maximum absolute atomic E-state index is 13.0. The Morgan fingerprint density at radius 3 is 2.54 bits per heavy atom. The van der Waals surface area contributed by atoms with Crippen molar-refractivity contribution >= 4 is 23.5 Å². The van der Waals surface area contributed by atoms with Crippen LogP contribution in [0.15, 0.2) is 54.6 Å². The first-order valence-corrected chi connectivity index (χ1v) is 8.91. The molecule has 0 radical (unpaired) electrons. The topological polar surface area (TPSA) is 93.5 Å². The van der Waals surface area contributed by atoms with Gasteiger partial charge in [-0.05, 0) is 43.7 Å². The van der Waals surface area contributed by atoms with E-state index in [2.05, 4.69) is 5.32 Å². The summed E-state index contributed by atoms with van der Waals surface area (Å²) >= 11 is 0. The molecule has 2 aromatic carbocycles. The molecule has 0 unspecified atom stereocenters. The fourth-order valence-electron chi connectivity index (χ4n) is 3.27. The summed E-state index contributed by atoms with van der Waals surface area (Å²) in [6.07, 6.45) is 0. The van der Waals surface area contributed by atoms with Gasteiger partial charge in [0.25, 0.3) is 5.91 Å². The lowest BCUT2D eigenvalue weighted by Gasteiger charge is -2.24. The number of hydrogen-bond donors (Lipinski definition) is 1. The number of hydrogen-bond acceptors (Lipinski definition) is 4. The van der Waals surface area contributed by atoms with Gasteiger partial charge in [-0.1, -0.05) is 30.3 Å². The summed E-state index contributed by atoms with van der Waals surface area (Å²) in [6.45, 7) is 3.45. The molecule has 1 aliphatic rings. The average Bonchev–Trinajstić information content (AvgIpc) is 2.93. The molecule has 1 N–H and O–H groups in total. The van der Waals surface area contributed by atoms with E-state index in [4.69, 9.17) is 5.26 Å². The quantitative estimate of drug-likeness (QED) is 0.811. The third-order valence-corrected chi connectivity index (χ3v) is 4.82. The highest BCUT2D eigenvalue weighted by atomic mass is 16.2. The zero-order valence-electron chi connectivity index (χ0n) is 15.7. The number of rotatable bonds is 5. The van der Waals surface area contributed by atoms with Crippen LogP contribution in [-0.2, 0) is 15.1 Å². The number of imide groups is 1. The molecule has 1 heterocycles. The van der Waals surface area contributed by atoms with E-state index in [1.54, 1.807) is 43.3 Å². The average molecular weight is 376 g/mol. The summed E-state index contributed by atoms with van der Waals surface area (Å²) in [5.41, 5.74) is 0.256. The number of nitrogens with one attached hydrogen (secondary N) is 1. The zero-order valence-corrected chi connectivity index (χ0v) is 15.7. The maximum Gasteiger partial charge on any atom is 0.325 e. The van der Waals surface area contributed by atoms with Crippen molar-refractivity contribution in [3.05, 3.63) is 65.7 Å². The first-order chi connectivity index (χ1) is 13.4. The molecule has 1 aliphatic heterocycles. The molecule has 0 saturated carbocycles. The van der Waals surface area contributed by atoms with Crippen LogP contribution in [-0.4, -0.2) is 35.8 Å². The van der Waals surface area contributed by atoms with Crippen molar-refractivity contribution in [1.82, 2.24) is 10.2 Å². The van der Waals surface area contributed by atoms with Gasteiger partial charge in [0.05, 0.1) is 11.6 Å². The van der Waals surface area contributed by atoms with Crippen LogP contribution < -0.4 is 10.2 Å². The van der Waals surface area contributed by atoms with E-state index in [0.717, 1.165) is 4.90 Å². The standard InChI is InChI=1S/C21H20N4O3/c1-3-24(17-10-5-4-6-11-17)18(26)14-25-19(27)21(2,23-20(25)28)16-9-7-8-15(12-16)13-22/h4-12H,3,14H2,1-2H3,(H,23,28)/t21-/m0/s1. The van der Waals surface area contributed by atoms with Crippen molar-refractivity contribution in [2.24, 2.45) is 0 Å². The van der Waals surface area contributed by atoms with Gasteiger partial charge in [0.2, 0.25) is 5.91 Å². The number of para-hydroxylation sites is 1. The molecule has 1 atom stereocenters. The lowest BCUT2D eigenvalue weighted by molar-refractivity contribution is -0.134. The molecule has 1 saturated heterocycles. The lowest BCUT2D eigenvalue weighted by atomic mass is 9.91. The van der Waals surface area contributed by atoms with E-state index in [1.165, 1.54) is 4.90 Å². The first kappa shape index (κ1) is 19.1. The van der Waals surface area contributed by atoms with Crippen LogP contribution in [0.1, 0.15) is 25.0 Å². The molecule has 2 aromatic rings. The molecule has 0 bridgehead atoms. The van der Waals surface area contributed by atoms with Gasteiger partial charge < -0.3 is 10.2 Å². The van der Waals surface area contributed by atoms with Crippen LogP contribution in [0.2, 0.25) is 0 Å². The molecule has 3 rings (SSSR count). The molecular weight excluding hydrogens is 356 g/mol. The molecule has 1 fully saturated rings. The maximum atomic E-state index is 13.0. The second-order valence-electron chi connectivity index (χ2n) is 6.61. The lowest BCUT2D eigenvalue weighted by Crippen LogP contribution is -2.44. The molecule has 7 nitrogen and oxygen atoms in total. The van der Waals surface area contributed by atoms with Gasteiger partial charge in [-0.15, -0.1) is 0 Å². The Bertz CT molecular complexity index is 967. The van der Waals surface area contributed by atoms with Crippen molar-refractivity contribution in [2.45, 2.75) is 19.4 Å². The monoisotopic (exact) mass is 376 g/mol. The molecule has 4 amide bonds. The predicted octanol–water partition coefficient (Wildman–Crippen LogP) is 2.38. The second kappa shape index (κ2) is 7.53. The highest BCUT2D eigenvalue weighted by Crippen LogP contribution is 2.29. The van der Waals surface area contributed by atoms with Crippen molar-refractivity contribution < 1.29 is 14.4 Å². The smallest absolute Gasteiger partial charge is 0.319 e. The van der Waals surface area contributed by atoms with E-state index in [1.807, 2.05) is 31.2 Å². The second-order valence-corrected chi connectivity index (χ2v) is 6.61. The Kier molecular flexibility index (Phi) is 5.14. The number of nitrogens with zero attached hydrogens (tertiary/aromatic N) is 3. The van der Waals surface area contributed by atoms with Crippen LogP contribution in [0, 0.1) is 11.3 Å². The van der Waals surface area contributed by atoms with Gasteiger partial charge >= 0.3 is 6.03 Å². The van der Waals surface area contributed by atoms with Gasteiger partial charge in [-0.25, -0.2) is 4.79 Å². The fourth-order valence-corrected chi connectivity index (χ4v) is 3.27. The summed E-state index contributed by atoms with van der Waals surface area (Å²) in [5.74, 6) is -0.878. The summed E-state index contributed by atoms with van der Waals surface area (Å²) in [5, 5.41) is 11.7. The Hall–Kier alpha value is -3.66. The normalized spacial score (nSPS) is 18.5. The van der Waals surface area contributed by atoms with E-state index in [9.17, 15) is 14.4 Å². The first-order valence-electron chi connectivity index (χ1n) is 8.91. The number of carbonyl (C=O) groups is 3. The van der Waals surface area contributed by atoms with Crippen LogP contribution >= 0.6 is 0 Å². The Morgan fingerprint density at radius 2 is 1.89 bits per heavy atom. The zero-order chi connectivity index (χ0) is 20.3. The van der Waals surface area contributed by atoms with Crippen molar-refractivity contribution in [1.29, 1.82) is 5.26 Å². The van der Waals surface area contributed by atoms with Gasteiger partial charge in [-0.2, -0.15) is 5.26 Å². The fraction of sp³-hybridized carbons (Fsp3) is 0.238. The third-order valence-electron chi connectivity index (χ3n) is 4.82. The number of anilines is 1. The minimum atomic E-state index is -1.33. The molecule has 0 aliphatic carbocycles. The van der Waals surface area contributed by atoms with E-state index < -0.39 is 17.5 Å². The Labute approximate surface area is 163 Å². The molecule has 28 heavy (non-hydrogen) atoms. The van der Waals surface area contributed by atoms with E-state index >= 15 is 0 Å². The van der Waals surface area contributed by atoms with Gasteiger partial charge in [-0.3, -0.25) is 14.5 Å². The van der Waals surface area contributed by atoms with Crippen LogP contribution in [0.25, 0.3) is 0 Å². The van der Waals surface area contributed by atoms with Crippen molar-refractivity contribution in [2.75, 3.05) is 18.0 Å².